The van der Waals surface area contributed by atoms with Crippen molar-refractivity contribution in [2.24, 2.45) is 5.10 Å². The van der Waals surface area contributed by atoms with Crippen LogP contribution in [0.15, 0.2) is 77.9 Å². The molecule has 0 heterocycles. The van der Waals surface area contributed by atoms with Gasteiger partial charge in [-0.2, -0.15) is 5.10 Å². The lowest BCUT2D eigenvalue weighted by atomic mass is 10.2. The second-order valence-corrected chi connectivity index (χ2v) is 5.97. The summed E-state index contributed by atoms with van der Waals surface area (Å²) < 4.78 is 5.74. The number of ether oxygens (including phenoxy) is 1. The largest absolute Gasteiger partial charge is 0.507 e. The van der Waals surface area contributed by atoms with Gasteiger partial charge in [-0.1, -0.05) is 42.5 Å². The third-order valence-corrected chi connectivity index (χ3v) is 3.96. The molecule has 0 unspecified atom stereocenters. The molecule has 0 saturated heterocycles. The van der Waals surface area contributed by atoms with E-state index in [2.05, 4.69) is 10.5 Å². The Morgan fingerprint density at radius 1 is 1.10 bits per heavy atom. The van der Waals surface area contributed by atoms with E-state index in [9.17, 15) is 20.0 Å². The Morgan fingerprint density at radius 2 is 1.83 bits per heavy atom. The molecular weight excluding hydrogens is 374 g/mol. The molecule has 3 aromatic carbocycles. The van der Waals surface area contributed by atoms with Crippen LogP contribution in [0, 0.1) is 10.1 Å². The lowest BCUT2D eigenvalue weighted by Crippen LogP contribution is -2.18. The second kappa shape index (κ2) is 9.14. The van der Waals surface area contributed by atoms with Crippen molar-refractivity contribution in [3.05, 3.63) is 99.6 Å². The zero-order valence-corrected chi connectivity index (χ0v) is 15.2. The fourth-order valence-electron chi connectivity index (χ4n) is 2.49. The number of nitro groups is 1. The van der Waals surface area contributed by atoms with Crippen molar-refractivity contribution in [3.63, 3.8) is 0 Å². The van der Waals surface area contributed by atoms with Gasteiger partial charge < -0.3 is 9.84 Å². The number of hydrogen-bond acceptors (Lipinski definition) is 6. The lowest BCUT2D eigenvalue weighted by Gasteiger charge is -2.10. The molecule has 0 aliphatic heterocycles. The van der Waals surface area contributed by atoms with E-state index in [1.165, 1.54) is 12.1 Å². The van der Waals surface area contributed by atoms with Gasteiger partial charge in [-0.3, -0.25) is 14.9 Å². The number of phenolic OH excluding ortho intramolecular Hbond substituents is 1. The predicted octanol–water partition coefficient (Wildman–Crippen LogP) is 3.64. The maximum absolute atomic E-state index is 12.5. The summed E-state index contributed by atoms with van der Waals surface area (Å²) in [5.41, 5.74) is 3.48. The van der Waals surface area contributed by atoms with Gasteiger partial charge in [-0.05, 0) is 23.8 Å². The highest BCUT2D eigenvalue weighted by molar-refractivity contribution is 5.97. The van der Waals surface area contributed by atoms with Crippen LogP contribution < -0.4 is 10.2 Å². The van der Waals surface area contributed by atoms with Gasteiger partial charge in [-0.15, -0.1) is 0 Å². The number of amides is 1. The predicted molar refractivity (Wildman–Crippen MR) is 107 cm³/mol. The monoisotopic (exact) mass is 391 g/mol. The Morgan fingerprint density at radius 3 is 2.59 bits per heavy atom. The van der Waals surface area contributed by atoms with Crippen LogP contribution in [0.2, 0.25) is 0 Å². The summed E-state index contributed by atoms with van der Waals surface area (Å²) in [6.45, 7) is 0.302. The summed E-state index contributed by atoms with van der Waals surface area (Å²) in [5, 5.41) is 24.4. The van der Waals surface area contributed by atoms with E-state index in [0.717, 1.165) is 17.8 Å². The lowest BCUT2D eigenvalue weighted by molar-refractivity contribution is -0.384. The minimum Gasteiger partial charge on any atom is -0.507 e. The molecule has 0 radical (unpaired) electrons. The van der Waals surface area contributed by atoms with E-state index in [1.807, 2.05) is 30.3 Å². The van der Waals surface area contributed by atoms with Crippen molar-refractivity contribution in [1.29, 1.82) is 0 Å². The number of para-hydroxylation sites is 1. The first-order valence-corrected chi connectivity index (χ1v) is 8.61. The van der Waals surface area contributed by atoms with Gasteiger partial charge >= 0.3 is 0 Å². The average molecular weight is 391 g/mol. The van der Waals surface area contributed by atoms with Gasteiger partial charge in [0.05, 0.1) is 16.7 Å². The molecule has 0 atom stereocenters. The maximum Gasteiger partial charge on any atom is 0.275 e. The van der Waals surface area contributed by atoms with Crippen LogP contribution in [0.25, 0.3) is 0 Å². The number of carbonyl (C=O) groups excluding carboxylic acids is 1. The molecule has 1 amide bonds. The summed E-state index contributed by atoms with van der Waals surface area (Å²) in [6, 6.07) is 19.8. The van der Waals surface area contributed by atoms with Gasteiger partial charge in [0.25, 0.3) is 11.6 Å². The second-order valence-electron chi connectivity index (χ2n) is 5.97. The number of hydrogen-bond donors (Lipinski definition) is 2. The third kappa shape index (κ3) is 5.16. The number of nitro benzene ring substituents is 1. The molecule has 29 heavy (non-hydrogen) atoms. The Hall–Kier alpha value is -4.20. The van der Waals surface area contributed by atoms with Crippen LogP contribution in [0.4, 0.5) is 5.69 Å². The number of benzene rings is 3. The molecule has 0 fully saturated rings. The molecule has 146 valence electrons. The molecule has 8 nitrogen and oxygen atoms in total. The number of rotatable bonds is 7. The first-order chi connectivity index (χ1) is 14.0. The SMILES string of the molecule is O=C(N/N=C/c1cc([N+](=O)[O-])ccc1O)c1ccccc1OCc1ccccc1. The molecule has 3 rings (SSSR count). The topological polar surface area (TPSA) is 114 Å². The Bertz CT molecular complexity index is 1050. The molecule has 2 N–H and O–H groups in total. The van der Waals surface area contributed by atoms with Crippen molar-refractivity contribution in [1.82, 2.24) is 5.43 Å². The fraction of sp³-hybridized carbons (Fsp3) is 0.0476. The van der Waals surface area contributed by atoms with E-state index >= 15 is 0 Å². The van der Waals surface area contributed by atoms with Crippen LogP contribution in [-0.4, -0.2) is 22.2 Å². The highest BCUT2D eigenvalue weighted by atomic mass is 16.6. The van der Waals surface area contributed by atoms with Crippen molar-refractivity contribution < 1.29 is 19.6 Å². The van der Waals surface area contributed by atoms with Crippen molar-refractivity contribution >= 4 is 17.8 Å². The number of aromatic hydroxyl groups is 1. The van der Waals surface area contributed by atoms with Crippen molar-refractivity contribution in [2.75, 3.05) is 0 Å². The van der Waals surface area contributed by atoms with E-state index in [0.29, 0.717) is 12.4 Å². The first-order valence-electron chi connectivity index (χ1n) is 8.61. The van der Waals surface area contributed by atoms with Crippen LogP contribution in [-0.2, 0) is 6.61 Å². The van der Waals surface area contributed by atoms with E-state index in [4.69, 9.17) is 4.74 Å². The highest BCUT2D eigenvalue weighted by Crippen LogP contribution is 2.22. The van der Waals surface area contributed by atoms with Gasteiger partial charge in [0.15, 0.2) is 0 Å². The third-order valence-electron chi connectivity index (χ3n) is 3.96. The number of nitrogens with zero attached hydrogens (tertiary/aromatic N) is 2. The molecule has 0 aromatic heterocycles. The van der Waals surface area contributed by atoms with Gasteiger partial charge in [0, 0.05) is 17.7 Å². The minimum atomic E-state index is -0.588. The molecule has 0 bridgehead atoms. The average Bonchev–Trinajstić information content (AvgIpc) is 2.74. The van der Waals surface area contributed by atoms with E-state index < -0.39 is 10.8 Å². The van der Waals surface area contributed by atoms with E-state index in [-0.39, 0.29) is 22.6 Å². The number of hydrazone groups is 1. The van der Waals surface area contributed by atoms with Crippen molar-refractivity contribution in [2.45, 2.75) is 6.61 Å². The molecule has 0 spiro atoms. The smallest absolute Gasteiger partial charge is 0.275 e. The zero-order chi connectivity index (χ0) is 20.6. The number of phenols is 1. The van der Waals surface area contributed by atoms with Gasteiger partial charge in [0.2, 0.25) is 0 Å². The van der Waals surface area contributed by atoms with Crippen LogP contribution in [0.1, 0.15) is 21.5 Å². The summed E-state index contributed by atoms with van der Waals surface area (Å²) >= 11 is 0. The van der Waals surface area contributed by atoms with Crippen LogP contribution >= 0.6 is 0 Å². The quantitative estimate of drug-likeness (QED) is 0.363. The zero-order valence-electron chi connectivity index (χ0n) is 15.2. The number of nitrogens with one attached hydrogen (secondary N) is 1. The fourth-order valence-corrected chi connectivity index (χ4v) is 2.49. The molecule has 8 heteroatoms. The molecule has 0 aliphatic rings. The molecule has 0 aliphatic carbocycles. The van der Waals surface area contributed by atoms with Crippen LogP contribution in [0.5, 0.6) is 11.5 Å². The number of non-ortho nitro benzene ring substituents is 1. The summed E-state index contributed by atoms with van der Waals surface area (Å²) in [5.74, 6) is -0.322. The van der Waals surface area contributed by atoms with Gasteiger partial charge in [0.1, 0.15) is 18.1 Å². The van der Waals surface area contributed by atoms with Gasteiger partial charge in [-0.25, -0.2) is 5.43 Å². The van der Waals surface area contributed by atoms with Crippen LogP contribution in [0.3, 0.4) is 0 Å². The van der Waals surface area contributed by atoms with Crippen molar-refractivity contribution in [3.8, 4) is 11.5 Å². The summed E-state index contributed by atoms with van der Waals surface area (Å²) in [7, 11) is 0. The minimum absolute atomic E-state index is 0.105. The van der Waals surface area contributed by atoms with E-state index in [1.54, 1.807) is 24.3 Å². The summed E-state index contributed by atoms with van der Waals surface area (Å²) in [6.07, 6.45) is 1.13. The Kier molecular flexibility index (Phi) is 6.16. The Labute approximate surface area is 166 Å². The standard InChI is InChI=1S/C21H17N3O5/c25-19-11-10-17(24(27)28)12-16(19)13-22-23-21(26)18-8-4-5-9-20(18)29-14-15-6-2-1-3-7-15/h1-13,25H,14H2,(H,23,26)/b22-13+. The normalized spacial score (nSPS) is 10.6. The Balaban J connectivity index is 1.69. The molecular formula is C21H17N3O5. The first kappa shape index (κ1) is 19.6. The summed E-state index contributed by atoms with van der Waals surface area (Å²) in [4.78, 5) is 22.7. The molecule has 3 aromatic rings. The molecule has 0 saturated carbocycles. The maximum atomic E-state index is 12.5. The highest BCUT2D eigenvalue weighted by Gasteiger charge is 2.12. The number of carbonyl (C=O) groups is 1.